The van der Waals surface area contributed by atoms with E-state index in [1.165, 1.54) is 4.90 Å². The van der Waals surface area contributed by atoms with Gasteiger partial charge in [0.15, 0.2) is 0 Å². The topological polar surface area (TPSA) is 95.9 Å². The summed E-state index contributed by atoms with van der Waals surface area (Å²) in [6.07, 6.45) is 2.69. The fraction of sp³-hybridized carbons (Fsp3) is 0.800. The second-order valence-corrected chi connectivity index (χ2v) is 6.96. The van der Waals surface area contributed by atoms with Crippen LogP contribution in [-0.2, 0) is 14.3 Å². The van der Waals surface area contributed by atoms with Gasteiger partial charge in [-0.05, 0) is 52.9 Å². The number of aliphatic carboxylic acids is 1. The lowest BCUT2D eigenvalue weighted by molar-refractivity contribution is -0.158. The Hall–Kier alpha value is -1.79. The third kappa shape index (κ3) is 3.69. The van der Waals surface area contributed by atoms with Crippen LogP contribution in [0.2, 0.25) is 0 Å². The fourth-order valence-corrected chi connectivity index (χ4v) is 3.19. The van der Waals surface area contributed by atoms with Gasteiger partial charge in [0.25, 0.3) is 0 Å². The average molecular weight is 312 g/mol. The Labute approximate surface area is 130 Å². The minimum atomic E-state index is -0.976. The van der Waals surface area contributed by atoms with E-state index < -0.39 is 29.7 Å². The lowest BCUT2D eigenvalue weighted by atomic mass is 9.86. The molecule has 2 heterocycles. The number of nitrogens with one attached hydrogen (secondary N) is 1. The van der Waals surface area contributed by atoms with Gasteiger partial charge in [0, 0.05) is 6.04 Å². The third-order valence-electron chi connectivity index (χ3n) is 4.06. The Morgan fingerprint density at radius 1 is 1.23 bits per heavy atom. The highest BCUT2D eigenvalue weighted by molar-refractivity contribution is 5.90. The van der Waals surface area contributed by atoms with Gasteiger partial charge in [-0.15, -0.1) is 0 Å². The first-order valence-electron chi connectivity index (χ1n) is 7.73. The van der Waals surface area contributed by atoms with E-state index in [0.29, 0.717) is 19.3 Å². The van der Waals surface area contributed by atoms with Crippen LogP contribution in [0.3, 0.4) is 0 Å². The van der Waals surface area contributed by atoms with Crippen LogP contribution in [0.15, 0.2) is 0 Å². The first-order chi connectivity index (χ1) is 10.2. The van der Waals surface area contributed by atoms with Crippen molar-refractivity contribution in [2.45, 2.75) is 76.6 Å². The van der Waals surface area contributed by atoms with Crippen molar-refractivity contribution in [1.29, 1.82) is 0 Å². The van der Waals surface area contributed by atoms with Gasteiger partial charge in [-0.3, -0.25) is 4.79 Å². The Morgan fingerprint density at radius 2 is 1.91 bits per heavy atom. The zero-order valence-electron chi connectivity index (χ0n) is 13.3. The number of carboxylic acid groups (broad SMARTS) is 1. The van der Waals surface area contributed by atoms with Gasteiger partial charge >= 0.3 is 12.1 Å². The summed E-state index contributed by atoms with van der Waals surface area (Å²) in [5.41, 5.74) is -0.640. The molecule has 2 rings (SSSR count). The molecule has 2 amide bonds. The molecule has 3 atom stereocenters. The van der Waals surface area contributed by atoms with Gasteiger partial charge in [-0.1, -0.05) is 0 Å². The molecule has 0 aromatic rings. The number of carbonyl (C=O) groups excluding carboxylic acids is 2. The standard InChI is InChI=1S/C15H24N2O5/c1-15(2,3)22-14(21)16-10-8-7-9-5-4-6-11(13(19)20)17(9)12(10)18/h9-11H,4-8H2,1-3H3,(H,16,21)(H,19,20)/t9-,10?,11?/m1/s1. The van der Waals surface area contributed by atoms with Gasteiger partial charge in [-0.25, -0.2) is 9.59 Å². The van der Waals surface area contributed by atoms with Crippen molar-refractivity contribution < 1.29 is 24.2 Å². The number of rotatable bonds is 2. The van der Waals surface area contributed by atoms with Crippen molar-refractivity contribution in [3.8, 4) is 0 Å². The minimum Gasteiger partial charge on any atom is -0.480 e. The molecule has 0 aromatic heterocycles. The maximum absolute atomic E-state index is 12.6. The fourth-order valence-electron chi connectivity index (χ4n) is 3.19. The zero-order chi connectivity index (χ0) is 16.5. The van der Waals surface area contributed by atoms with Crippen LogP contribution in [0.4, 0.5) is 4.79 Å². The van der Waals surface area contributed by atoms with Gasteiger partial charge in [0.1, 0.15) is 17.7 Å². The minimum absolute atomic E-state index is 0.0287. The summed E-state index contributed by atoms with van der Waals surface area (Å²) in [7, 11) is 0. The Kier molecular flexibility index (Phi) is 4.63. The Balaban J connectivity index is 2.05. The number of alkyl carbamates (subject to hydrolysis) is 1. The molecule has 0 spiro atoms. The molecule has 22 heavy (non-hydrogen) atoms. The maximum atomic E-state index is 12.6. The summed E-state index contributed by atoms with van der Waals surface area (Å²) >= 11 is 0. The first-order valence-corrected chi connectivity index (χ1v) is 7.73. The van der Waals surface area contributed by atoms with Crippen molar-refractivity contribution >= 4 is 18.0 Å². The van der Waals surface area contributed by atoms with E-state index in [0.717, 1.165) is 12.8 Å². The second-order valence-electron chi connectivity index (χ2n) is 6.96. The molecular formula is C15H24N2O5. The third-order valence-corrected chi connectivity index (χ3v) is 4.06. The Bertz CT molecular complexity index is 471. The molecule has 2 aliphatic heterocycles. The van der Waals surface area contributed by atoms with Crippen LogP contribution in [0, 0.1) is 0 Å². The molecule has 7 nitrogen and oxygen atoms in total. The number of carbonyl (C=O) groups is 3. The summed E-state index contributed by atoms with van der Waals surface area (Å²) in [5.74, 6) is -1.29. The summed E-state index contributed by atoms with van der Waals surface area (Å²) in [4.78, 5) is 37.2. The summed E-state index contributed by atoms with van der Waals surface area (Å²) in [5, 5.41) is 11.9. The highest BCUT2D eigenvalue weighted by Gasteiger charge is 2.44. The molecule has 0 aromatic carbocycles. The van der Waals surface area contributed by atoms with E-state index >= 15 is 0 Å². The highest BCUT2D eigenvalue weighted by atomic mass is 16.6. The molecule has 0 aliphatic carbocycles. The number of carboxylic acids is 1. The van der Waals surface area contributed by atoms with Crippen molar-refractivity contribution in [2.75, 3.05) is 0 Å². The number of hydrogen-bond acceptors (Lipinski definition) is 4. The maximum Gasteiger partial charge on any atom is 0.408 e. The van der Waals surface area contributed by atoms with Crippen LogP contribution in [0.5, 0.6) is 0 Å². The van der Waals surface area contributed by atoms with Gasteiger partial charge in [0.2, 0.25) is 5.91 Å². The van der Waals surface area contributed by atoms with E-state index in [4.69, 9.17) is 4.74 Å². The molecule has 2 aliphatic rings. The zero-order valence-corrected chi connectivity index (χ0v) is 13.3. The van der Waals surface area contributed by atoms with E-state index in [9.17, 15) is 19.5 Å². The molecule has 2 unspecified atom stereocenters. The van der Waals surface area contributed by atoms with Crippen LogP contribution < -0.4 is 5.32 Å². The van der Waals surface area contributed by atoms with Crippen molar-refractivity contribution in [2.24, 2.45) is 0 Å². The number of piperidine rings is 2. The lowest BCUT2D eigenvalue weighted by Gasteiger charge is -2.45. The molecule has 124 valence electrons. The van der Waals surface area contributed by atoms with Crippen LogP contribution >= 0.6 is 0 Å². The molecule has 0 saturated carbocycles. The predicted octanol–water partition coefficient (Wildman–Crippen LogP) is 1.51. The molecule has 2 fully saturated rings. The quantitative estimate of drug-likeness (QED) is 0.805. The molecule has 2 N–H and O–H groups in total. The van der Waals surface area contributed by atoms with Crippen molar-refractivity contribution in [3.05, 3.63) is 0 Å². The van der Waals surface area contributed by atoms with Crippen molar-refractivity contribution in [3.63, 3.8) is 0 Å². The lowest BCUT2D eigenvalue weighted by Crippen LogP contribution is -2.62. The van der Waals surface area contributed by atoms with E-state index in [1.807, 2.05) is 0 Å². The van der Waals surface area contributed by atoms with Gasteiger partial charge in [-0.2, -0.15) is 0 Å². The second kappa shape index (κ2) is 6.14. The molecule has 0 radical (unpaired) electrons. The van der Waals surface area contributed by atoms with E-state index in [-0.39, 0.29) is 11.9 Å². The molecule has 0 bridgehead atoms. The highest BCUT2D eigenvalue weighted by Crippen LogP contribution is 2.31. The van der Waals surface area contributed by atoms with Crippen molar-refractivity contribution in [1.82, 2.24) is 10.2 Å². The normalized spacial score (nSPS) is 28.8. The van der Waals surface area contributed by atoms with Gasteiger partial charge < -0.3 is 20.1 Å². The smallest absolute Gasteiger partial charge is 0.408 e. The van der Waals surface area contributed by atoms with E-state index in [2.05, 4.69) is 5.32 Å². The van der Waals surface area contributed by atoms with E-state index in [1.54, 1.807) is 20.8 Å². The predicted molar refractivity (Wildman–Crippen MR) is 78.3 cm³/mol. The molecular weight excluding hydrogens is 288 g/mol. The summed E-state index contributed by atoms with van der Waals surface area (Å²) in [6.45, 7) is 5.24. The molecule has 2 saturated heterocycles. The monoisotopic (exact) mass is 312 g/mol. The SMILES string of the molecule is CC(C)(C)OC(=O)NC1CC[C@H]2CCCC(C(=O)O)N2C1=O. The number of amides is 2. The number of hydrogen-bond donors (Lipinski definition) is 2. The molecule has 7 heteroatoms. The number of nitrogens with zero attached hydrogens (tertiary/aromatic N) is 1. The summed E-state index contributed by atoms with van der Waals surface area (Å²) in [6, 6.07) is -1.51. The van der Waals surface area contributed by atoms with Crippen LogP contribution in [0.25, 0.3) is 0 Å². The number of fused-ring (bicyclic) bond motifs is 1. The summed E-state index contributed by atoms with van der Waals surface area (Å²) < 4.78 is 5.16. The Morgan fingerprint density at radius 3 is 2.50 bits per heavy atom. The first kappa shape index (κ1) is 16.6. The van der Waals surface area contributed by atoms with Gasteiger partial charge in [0.05, 0.1) is 0 Å². The van der Waals surface area contributed by atoms with Crippen LogP contribution in [-0.4, -0.2) is 51.7 Å². The van der Waals surface area contributed by atoms with Crippen LogP contribution in [0.1, 0.15) is 52.9 Å². The number of ether oxygens (including phenoxy) is 1. The average Bonchev–Trinajstić information content (AvgIpc) is 2.39. The largest absolute Gasteiger partial charge is 0.480 e.